The summed E-state index contributed by atoms with van der Waals surface area (Å²) in [6.45, 7) is 5.62. The topological polar surface area (TPSA) is 60.3 Å². The SMILES string of the molecule is CC(C)N1N=C(C2CCCCC2)c2ccc(F)cc2N(c2ccc(CC3=NCCN3)cc2)C1=O. The number of hydrogen-bond acceptors (Lipinski definition) is 4. The maximum atomic E-state index is 14.5. The van der Waals surface area contributed by atoms with Crippen LogP contribution in [0.5, 0.6) is 0 Å². The number of amidine groups is 1. The summed E-state index contributed by atoms with van der Waals surface area (Å²) in [6, 6.07) is 12.2. The lowest BCUT2D eigenvalue weighted by Gasteiger charge is -2.28. The van der Waals surface area contributed by atoms with E-state index in [1.54, 1.807) is 16.0 Å². The molecule has 34 heavy (non-hydrogen) atoms. The highest BCUT2D eigenvalue weighted by atomic mass is 19.1. The van der Waals surface area contributed by atoms with Crippen molar-refractivity contribution in [3.8, 4) is 0 Å². The van der Waals surface area contributed by atoms with Crippen LogP contribution in [-0.4, -0.2) is 41.7 Å². The van der Waals surface area contributed by atoms with Gasteiger partial charge in [-0.3, -0.25) is 9.89 Å². The maximum absolute atomic E-state index is 14.5. The molecule has 1 saturated carbocycles. The summed E-state index contributed by atoms with van der Waals surface area (Å²) in [5.41, 5.74) is 4.12. The number of benzene rings is 2. The first-order valence-corrected chi connectivity index (χ1v) is 12.4. The van der Waals surface area contributed by atoms with Crippen LogP contribution in [0.3, 0.4) is 0 Å². The van der Waals surface area contributed by atoms with E-state index in [0.29, 0.717) is 11.4 Å². The van der Waals surface area contributed by atoms with E-state index in [4.69, 9.17) is 5.10 Å². The summed E-state index contributed by atoms with van der Waals surface area (Å²) in [6.07, 6.45) is 6.35. The molecule has 0 atom stereocenters. The van der Waals surface area contributed by atoms with Crippen LogP contribution in [-0.2, 0) is 6.42 Å². The third-order valence-corrected chi connectivity index (χ3v) is 6.87. The number of aliphatic imine (C=N–C) groups is 1. The van der Waals surface area contributed by atoms with Gasteiger partial charge in [0, 0.05) is 24.4 Å². The second kappa shape index (κ2) is 9.57. The molecule has 2 aromatic rings. The Balaban J connectivity index is 1.57. The second-order valence-corrected chi connectivity index (χ2v) is 9.64. The van der Waals surface area contributed by atoms with Gasteiger partial charge >= 0.3 is 6.03 Å². The molecule has 0 saturated heterocycles. The molecule has 2 amide bonds. The molecular formula is C27H32FN5O. The van der Waals surface area contributed by atoms with Crippen molar-refractivity contribution < 1.29 is 9.18 Å². The standard InChI is InChI=1S/C27H32FN5O/c1-18(2)33-27(34)32(22-11-8-19(9-12-22)16-25-29-14-15-30-25)24-17-21(28)10-13-23(24)26(31-33)20-6-4-3-5-7-20/h8-13,17-18,20H,3-7,14-16H2,1-2H3,(H,29,30). The Hall–Kier alpha value is -3.22. The smallest absolute Gasteiger partial charge is 0.349 e. The van der Waals surface area contributed by atoms with Crippen LogP contribution in [0.2, 0.25) is 0 Å². The number of hydrazone groups is 1. The lowest BCUT2D eigenvalue weighted by atomic mass is 9.83. The zero-order valence-electron chi connectivity index (χ0n) is 19.9. The predicted octanol–water partition coefficient (Wildman–Crippen LogP) is 5.64. The van der Waals surface area contributed by atoms with E-state index in [9.17, 15) is 9.18 Å². The number of anilines is 2. The van der Waals surface area contributed by atoms with Crippen molar-refractivity contribution in [1.29, 1.82) is 0 Å². The summed E-state index contributed by atoms with van der Waals surface area (Å²) >= 11 is 0. The Kier molecular flexibility index (Phi) is 6.35. The van der Waals surface area contributed by atoms with Crippen molar-refractivity contribution in [2.24, 2.45) is 16.0 Å². The lowest BCUT2D eigenvalue weighted by molar-refractivity contribution is 0.195. The van der Waals surface area contributed by atoms with Gasteiger partial charge in [0.25, 0.3) is 0 Å². The van der Waals surface area contributed by atoms with Crippen molar-refractivity contribution >= 4 is 29.0 Å². The highest BCUT2D eigenvalue weighted by Gasteiger charge is 2.35. The summed E-state index contributed by atoms with van der Waals surface area (Å²) in [5, 5.41) is 9.78. The van der Waals surface area contributed by atoms with E-state index in [2.05, 4.69) is 10.3 Å². The van der Waals surface area contributed by atoms with Gasteiger partial charge < -0.3 is 5.32 Å². The summed E-state index contributed by atoms with van der Waals surface area (Å²) in [7, 11) is 0. The van der Waals surface area contributed by atoms with E-state index in [0.717, 1.165) is 67.9 Å². The number of urea groups is 1. The predicted molar refractivity (Wildman–Crippen MR) is 134 cm³/mol. The second-order valence-electron chi connectivity index (χ2n) is 9.64. The van der Waals surface area contributed by atoms with Crippen molar-refractivity contribution in [3.63, 3.8) is 0 Å². The molecule has 3 aliphatic rings. The Labute approximate surface area is 200 Å². The van der Waals surface area contributed by atoms with Crippen molar-refractivity contribution in [3.05, 3.63) is 59.4 Å². The quantitative estimate of drug-likeness (QED) is 0.627. The summed E-state index contributed by atoms with van der Waals surface area (Å²) in [4.78, 5) is 19.9. The van der Waals surface area contributed by atoms with E-state index >= 15 is 0 Å². The van der Waals surface area contributed by atoms with Crippen LogP contribution in [0, 0.1) is 11.7 Å². The van der Waals surface area contributed by atoms with Gasteiger partial charge in [0.2, 0.25) is 0 Å². The van der Waals surface area contributed by atoms with Crippen molar-refractivity contribution in [2.45, 2.75) is 58.4 Å². The van der Waals surface area contributed by atoms with Crippen LogP contribution >= 0.6 is 0 Å². The first kappa shape index (κ1) is 22.6. The maximum Gasteiger partial charge on any atom is 0.349 e. The van der Waals surface area contributed by atoms with Crippen LogP contribution in [0.15, 0.2) is 52.6 Å². The lowest BCUT2D eigenvalue weighted by Crippen LogP contribution is -2.41. The number of nitrogens with zero attached hydrogens (tertiary/aromatic N) is 4. The van der Waals surface area contributed by atoms with Crippen LogP contribution in [0.4, 0.5) is 20.6 Å². The third-order valence-electron chi connectivity index (χ3n) is 6.87. The molecule has 0 spiro atoms. The molecule has 1 aliphatic carbocycles. The number of fused-ring (bicyclic) bond motifs is 1. The van der Waals surface area contributed by atoms with E-state index in [1.165, 1.54) is 18.6 Å². The summed E-state index contributed by atoms with van der Waals surface area (Å²) in [5.74, 6) is 0.899. The average molecular weight is 462 g/mol. The van der Waals surface area contributed by atoms with E-state index in [-0.39, 0.29) is 23.8 Å². The number of rotatable bonds is 5. The number of halogens is 1. The van der Waals surface area contributed by atoms with Gasteiger partial charge in [-0.25, -0.2) is 14.2 Å². The van der Waals surface area contributed by atoms with Crippen LogP contribution in [0.1, 0.15) is 57.1 Å². The molecule has 2 heterocycles. The number of amides is 2. The van der Waals surface area contributed by atoms with Gasteiger partial charge in [-0.2, -0.15) is 5.10 Å². The Bertz CT molecular complexity index is 1120. The summed E-state index contributed by atoms with van der Waals surface area (Å²) < 4.78 is 14.5. The molecule has 178 valence electrons. The fourth-order valence-corrected chi connectivity index (χ4v) is 5.11. The van der Waals surface area contributed by atoms with Gasteiger partial charge in [0.1, 0.15) is 11.7 Å². The molecule has 1 fully saturated rings. The minimum atomic E-state index is -0.362. The molecule has 0 bridgehead atoms. The highest BCUT2D eigenvalue weighted by Crippen LogP contribution is 2.38. The Morgan fingerprint density at radius 3 is 2.53 bits per heavy atom. The largest absolute Gasteiger partial charge is 0.372 e. The van der Waals surface area contributed by atoms with Gasteiger partial charge in [-0.15, -0.1) is 0 Å². The van der Waals surface area contributed by atoms with Crippen LogP contribution < -0.4 is 10.2 Å². The molecule has 0 aromatic heterocycles. The number of hydrogen-bond donors (Lipinski definition) is 1. The molecule has 6 nitrogen and oxygen atoms in total. The van der Waals surface area contributed by atoms with Gasteiger partial charge in [0.15, 0.2) is 0 Å². The van der Waals surface area contributed by atoms with E-state index < -0.39 is 0 Å². The van der Waals surface area contributed by atoms with Gasteiger partial charge in [-0.1, -0.05) is 31.4 Å². The third kappa shape index (κ3) is 4.43. The first-order valence-electron chi connectivity index (χ1n) is 12.4. The Morgan fingerprint density at radius 1 is 1.09 bits per heavy atom. The van der Waals surface area contributed by atoms with Crippen LogP contribution in [0.25, 0.3) is 0 Å². The fourth-order valence-electron chi connectivity index (χ4n) is 5.11. The molecule has 1 N–H and O–H groups in total. The monoisotopic (exact) mass is 461 g/mol. The molecule has 7 heteroatoms. The van der Waals surface area contributed by atoms with Gasteiger partial charge in [0.05, 0.1) is 29.7 Å². The van der Waals surface area contributed by atoms with Crippen molar-refractivity contribution in [1.82, 2.24) is 10.3 Å². The minimum absolute atomic E-state index is 0.126. The Morgan fingerprint density at radius 2 is 1.85 bits per heavy atom. The fraction of sp³-hybridized carbons (Fsp3) is 0.444. The molecule has 0 unspecified atom stereocenters. The average Bonchev–Trinajstić information content (AvgIpc) is 3.31. The number of carbonyl (C=O) groups excluding carboxylic acids is 1. The molecule has 0 radical (unpaired) electrons. The van der Waals surface area contributed by atoms with Gasteiger partial charge in [-0.05, 0) is 62.6 Å². The van der Waals surface area contributed by atoms with Crippen molar-refractivity contribution in [2.75, 3.05) is 18.0 Å². The normalized spacial score (nSPS) is 19.0. The first-order chi connectivity index (χ1) is 16.5. The zero-order chi connectivity index (χ0) is 23.7. The molecule has 2 aliphatic heterocycles. The molecule has 5 rings (SSSR count). The number of nitrogens with one attached hydrogen (secondary N) is 1. The molecular weight excluding hydrogens is 429 g/mol. The zero-order valence-corrected chi connectivity index (χ0v) is 19.9. The highest BCUT2D eigenvalue weighted by molar-refractivity contribution is 6.13. The minimum Gasteiger partial charge on any atom is -0.372 e. The molecule has 2 aromatic carbocycles. The number of carbonyl (C=O) groups is 1. The van der Waals surface area contributed by atoms with E-state index in [1.807, 2.05) is 38.1 Å².